The van der Waals surface area contributed by atoms with Crippen molar-refractivity contribution in [2.45, 2.75) is 25.8 Å². The Labute approximate surface area is 120 Å². The molecule has 1 N–H and O–H groups in total. The molecule has 0 atom stereocenters. The van der Waals surface area contributed by atoms with E-state index < -0.39 is 0 Å². The summed E-state index contributed by atoms with van der Waals surface area (Å²) in [6, 6.07) is 9.87. The first-order valence-electron chi connectivity index (χ1n) is 7.06. The summed E-state index contributed by atoms with van der Waals surface area (Å²) in [5.74, 6) is 0.756. The summed E-state index contributed by atoms with van der Waals surface area (Å²) >= 11 is 0. The van der Waals surface area contributed by atoms with Gasteiger partial charge in [0.1, 0.15) is 11.8 Å². The Bertz CT molecular complexity index is 464. The van der Waals surface area contributed by atoms with Crippen LogP contribution in [0.2, 0.25) is 0 Å². The van der Waals surface area contributed by atoms with Gasteiger partial charge in [-0.2, -0.15) is 5.26 Å². The quantitative estimate of drug-likeness (QED) is 0.751. The Kier molecular flexibility index (Phi) is 5.40. The van der Waals surface area contributed by atoms with Gasteiger partial charge in [-0.05, 0) is 42.4 Å². The lowest BCUT2D eigenvalue weighted by Gasteiger charge is -2.15. The molecule has 2 rings (SSSR count). The molecule has 0 spiro atoms. The molecule has 0 amide bonds. The zero-order valence-corrected chi connectivity index (χ0v) is 12.0. The summed E-state index contributed by atoms with van der Waals surface area (Å²) in [6.07, 6.45) is 3.74. The van der Waals surface area contributed by atoms with Crippen LogP contribution in [0.4, 0.5) is 0 Å². The topological polar surface area (TPSA) is 54.3 Å². The molecule has 20 heavy (non-hydrogen) atoms. The van der Waals surface area contributed by atoms with E-state index in [2.05, 4.69) is 11.4 Å². The number of benzene rings is 1. The lowest BCUT2D eigenvalue weighted by Crippen LogP contribution is -2.24. The molecule has 0 radical (unpaired) electrons. The number of nitriles is 1. The number of methoxy groups -OCH3 is 1. The molecule has 0 bridgehead atoms. The molecule has 1 aliphatic carbocycles. The average molecular weight is 274 g/mol. The minimum Gasteiger partial charge on any atom is -0.479 e. The predicted molar refractivity (Wildman–Crippen MR) is 77.4 cm³/mol. The monoisotopic (exact) mass is 274 g/mol. The summed E-state index contributed by atoms with van der Waals surface area (Å²) in [6.45, 7) is 2.81. The molecule has 1 aromatic rings. The molecule has 1 fully saturated rings. The van der Waals surface area contributed by atoms with Crippen molar-refractivity contribution in [1.29, 1.82) is 5.26 Å². The number of hydrogen-bond donors (Lipinski definition) is 1. The van der Waals surface area contributed by atoms with Gasteiger partial charge in [0.15, 0.2) is 6.61 Å². The van der Waals surface area contributed by atoms with Gasteiger partial charge in [-0.3, -0.25) is 0 Å². The maximum absolute atomic E-state index is 8.51. The van der Waals surface area contributed by atoms with E-state index in [4.69, 9.17) is 14.7 Å². The second-order valence-electron chi connectivity index (χ2n) is 5.44. The summed E-state index contributed by atoms with van der Waals surface area (Å²) in [4.78, 5) is 0. The van der Waals surface area contributed by atoms with Crippen LogP contribution < -0.4 is 10.1 Å². The molecule has 0 heterocycles. The fourth-order valence-corrected chi connectivity index (χ4v) is 2.34. The molecule has 0 saturated heterocycles. The molecule has 108 valence electrons. The Morgan fingerprint density at radius 2 is 2.25 bits per heavy atom. The van der Waals surface area contributed by atoms with Crippen LogP contribution in [0.15, 0.2) is 24.3 Å². The standard InChI is InChI=1S/C16H22N2O2/c1-19-9-7-16(5-6-16)13-18-12-14-3-2-4-15(11-14)20-10-8-17/h2-4,11,18H,5-7,9-10,12-13H2,1H3. The second-order valence-corrected chi connectivity index (χ2v) is 5.44. The highest BCUT2D eigenvalue weighted by molar-refractivity contribution is 5.28. The average Bonchev–Trinajstić information content (AvgIpc) is 3.24. The first kappa shape index (κ1) is 14.8. The molecule has 1 aliphatic rings. The third kappa shape index (κ3) is 4.52. The third-order valence-corrected chi connectivity index (χ3v) is 3.82. The third-order valence-electron chi connectivity index (χ3n) is 3.82. The van der Waals surface area contributed by atoms with Crippen LogP contribution in [0, 0.1) is 16.7 Å². The van der Waals surface area contributed by atoms with Crippen LogP contribution in [0.25, 0.3) is 0 Å². The number of rotatable bonds is 9. The Hall–Kier alpha value is -1.57. The second kappa shape index (κ2) is 7.28. The van der Waals surface area contributed by atoms with Gasteiger partial charge in [0.25, 0.3) is 0 Å². The van der Waals surface area contributed by atoms with Gasteiger partial charge in [-0.15, -0.1) is 0 Å². The number of nitrogens with one attached hydrogen (secondary N) is 1. The first-order valence-corrected chi connectivity index (χ1v) is 7.06. The Balaban J connectivity index is 1.75. The molecule has 4 nitrogen and oxygen atoms in total. The lowest BCUT2D eigenvalue weighted by atomic mass is 10.0. The van der Waals surface area contributed by atoms with E-state index in [0.29, 0.717) is 5.41 Å². The van der Waals surface area contributed by atoms with Crippen LogP contribution in [-0.4, -0.2) is 26.9 Å². The van der Waals surface area contributed by atoms with Crippen molar-refractivity contribution in [3.8, 4) is 11.8 Å². The molecule has 1 aromatic carbocycles. The lowest BCUT2D eigenvalue weighted by molar-refractivity contribution is 0.171. The summed E-state index contributed by atoms with van der Waals surface area (Å²) in [7, 11) is 1.76. The van der Waals surface area contributed by atoms with E-state index in [1.54, 1.807) is 7.11 Å². The molecular formula is C16H22N2O2. The van der Waals surface area contributed by atoms with Crippen LogP contribution >= 0.6 is 0 Å². The largest absolute Gasteiger partial charge is 0.479 e. The van der Waals surface area contributed by atoms with E-state index >= 15 is 0 Å². The SMILES string of the molecule is COCCC1(CNCc2cccc(OCC#N)c2)CC1. The smallest absolute Gasteiger partial charge is 0.174 e. The summed E-state index contributed by atoms with van der Waals surface area (Å²) in [5, 5.41) is 12.0. The van der Waals surface area contributed by atoms with E-state index in [1.807, 2.05) is 24.3 Å². The van der Waals surface area contributed by atoms with Gasteiger partial charge in [-0.1, -0.05) is 12.1 Å². The minimum absolute atomic E-state index is 0.0943. The predicted octanol–water partition coefficient (Wildman–Crippen LogP) is 2.50. The van der Waals surface area contributed by atoms with Crippen molar-refractivity contribution < 1.29 is 9.47 Å². The molecular weight excluding hydrogens is 252 g/mol. The molecule has 0 aliphatic heterocycles. The van der Waals surface area contributed by atoms with E-state index in [-0.39, 0.29) is 6.61 Å². The van der Waals surface area contributed by atoms with E-state index in [1.165, 1.54) is 18.4 Å². The zero-order chi connectivity index (χ0) is 14.3. The van der Waals surface area contributed by atoms with Crippen LogP contribution in [0.3, 0.4) is 0 Å². The van der Waals surface area contributed by atoms with Gasteiger partial charge in [-0.25, -0.2) is 0 Å². The van der Waals surface area contributed by atoms with Crippen molar-refractivity contribution in [2.75, 3.05) is 26.9 Å². The highest BCUT2D eigenvalue weighted by Gasteiger charge is 2.41. The van der Waals surface area contributed by atoms with Crippen LogP contribution in [0.5, 0.6) is 5.75 Å². The summed E-state index contributed by atoms with van der Waals surface area (Å²) < 4.78 is 10.5. The normalized spacial score (nSPS) is 15.6. The maximum atomic E-state index is 8.51. The van der Waals surface area contributed by atoms with Gasteiger partial charge in [0.2, 0.25) is 0 Å². The highest BCUT2D eigenvalue weighted by Crippen LogP contribution is 2.48. The van der Waals surface area contributed by atoms with Gasteiger partial charge in [0, 0.05) is 26.8 Å². The number of hydrogen-bond acceptors (Lipinski definition) is 4. The van der Waals surface area contributed by atoms with Crippen LogP contribution in [0.1, 0.15) is 24.8 Å². The molecule has 4 heteroatoms. The Morgan fingerprint density at radius 1 is 1.40 bits per heavy atom. The number of ether oxygens (including phenoxy) is 2. The fraction of sp³-hybridized carbons (Fsp3) is 0.562. The van der Waals surface area contributed by atoms with Crippen molar-refractivity contribution in [3.63, 3.8) is 0 Å². The minimum atomic E-state index is 0.0943. The van der Waals surface area contributed by atoms with Gasteiger partial charge >= 0.3 is 0 Å². The van der Waals surface area contributed by atoms with E-state index in [0.717, 1.165) is 31.9 Å². The molecule has 0 unspecified atom stereocenters. The fourth-order valence-electron chi connectivity index (χ4n) is 2.34. The van der Waals surface area contributed by atoms with Gasteiger partial charge < -0.3 is 14.8 Å². The van der Waals surface area contributed by atoms with Gasteiger partial charge in [0.05, 0.1) is 0 Å². The first-order chi connectivity index (χ1) is 9.78. The Morgan fingerprint density at radius 3 is 2.95 bits per heavy atom. The van der Waals surface area contributed by atoms with Crippen molar-refractivity contribution in [3.05, 3.63) is 29.8 Å². The summed E-state index contributed by atoms with van der Waals surface area (Å²) in [5.41, 5.74) is 1.65. The van der Waals surface area contributed by atoms with Crippen LogP contribution in [-0.2, 0) is 11.3 Å². The highest BCUT2D eigenvalue weighted by atomic mass is 16.5. The van der Waals surface area contributed by atoms with E-state index in [9.17, 15) is 0 Å². The maximum Gasteiger partial charge on any atom is 0.174 e. The molecule has 0 aromatic heterocycles. The van der Waals surface area contributed by atoms with Crippen molar-refractivity contribution in [1.82, 2.24) is 5.32 Å². The van der Waals surface area contributed by atoms with Crippen molar-refractivity contribution in [2.24, 2.45) is 5.41 Å². The zero-order valence-electron chi connectivity index (χ0n) is 12.0. The number of nitrogens with zero attached hydrogens (tertiary/aromatic N) is 1. The molecule has 1 saturated carbocycles. The van der Waals surface area contributed by atoms with Crippen molar-refractivity contribution >= 4 is 0 Å².